The summed E-state index contributed by atoms with van der Waals surface area (Å²) in [7, 11) is 0. The second-order valence-electron chi connectivity index (χ2n) is 8.85. The smallest absolute Gasteiger partial charge is 0.122 e. The zero-order chi connectivity index (χ0) is 18.3. The van der Waals surface area contributed by atoms with Crippen LogP contribution in [0.25, 0.3) is 0 Å². The Morgan fingerprint density at radius 3 is 1.92 bits per heavy atom. The van der Waals surface area contributed by atoms with Crippen molar-refractivity contribution in [1.82, 2.24) is 0 Å². The molecular weight excluding hydrogens is 296 g/mol. The summed E-state index contributed by atoms with van der Waals surface area (Å²) in [5.74, 6) is 0.716. The molecule has 0 fully saturated rings. The van der Waals surface area contributed by atoms with Crippen LogP contribution in [0.1, 0.15) is 69.4 Å². The van der Waals surface area contributed by atoms with Gasteiger partial charge in [-0.1, -0.05) is 71.4 Å². The van der Waals surface area contributed by atoms with E-state index in [-0.39, 0.29) is 10.8 Å². The quantitative estimate of drug-likeness (QED) is 0.755. The maximum absolute atomic E-state index is 10.7. The Balaban J connectivity index is 2.48. The normalized spacial score (nSPS) is 12.5. The summed E-state index contributed by atoms with van der Waals surface area (Å²) >= 11 is 0. The van der Waals surface area contributed by atoms with Crippen LogP contribution < -0.4 is 0 Å². The zero-order valence-corrected chi connectivity index (χ0v) is 16.0. The van der Waals surface area contributed by atoms with Crippen molar-refractivity contribution in [3.05, 3.63) is 58.1 Å². The molecule has 2 heteroatoms. The Kier molecular flexibility index (Phi) is 4.72. The largest absolute Gasteiger partial charge is 0.508 e. The first-order valence-corrected chi connectivity index (χ1v) is 8.55. The lowest BCUT2D eigenvalue weighted by atomic mass is 9.82. The standard InChI is InChI=1S/C22H30O2/c1-14-10-16(20(24)18(11-14)22(5,6)7)12-15-8-9-19(23)17(13-15)21(2,3)4/h8-11,13,23-24H,12H2,1-7H3. The second-order valence-corrected chi connectivity index (χ2v) is 8.85. The van der Waals surface area contributed by atoms with Gasteiger partial charge in [0.25, 0.3) is 0 Å². The molecule has 0 bridgehead atoms. The van der Waals surface area contributed by atoms with Crippen molar-refractivity contribution in [2.75, 3.05) is 0 Å². The van der Waals surface area contributed by atoms with E-state index in [2.05, 4.69) is 54.5 Å². The van der Waals surface area contributed by atoms with Crippen LogP contribution in [-0.4, -0.2) is 10.2 Å². The van der Waals surface area contributed by atoms with Crippen LogP contribution >= 0.6 is 0 Å². The summed E-state index contributed by atoms with van der Waals surface area (Å²) < 4.78 is 0. The number of aromatic hydroxyl groups is 2. The lowest BCUT2D eigenvalue weighted by Crippen LogP contribution is -2.13. The van der Waals surface area contributed by atoms with Gasteiger partial charge in [-0.3, -0.25) is 0 Å². The maximum atomic E-state index is 10.7. The minimum Gasteiger partial charge on any atom is -0.508 e. The summed E-state index contributed by atoms with van der Waals surface area (Å²) in [4.78, 5) is 0. The number of aryl methyl sites for hydroxylation is 1. The SMILES string of the molecule is Cc1cc(Cc2ccc(O)c(C(C)(C)C)c2)c(O)c(C(C)(C)C)c1. The first-order valence-electron chi connectivity index (χ1n) is 8.55. The number of rotatable bonds is 2. The third kappa shape index (κ3) is 3.92. The molecule has 2 aromatic rings. The van der Waals surface area contributed by atoms with Gasteiger partial charge in [0.2, 0.25) is 0 Å². The van der Waals surface area contributed by atoms with Crippen molar-refractivity contribution >= 4 is 0 Å². The lowest BCUT2D eigenvalue weighted by molar-refractivity contribution is 0.441. The molecule has 0 spiro atoms. The molecular formula is C22H30O2. The molecule has 0 aliphatic rings. The second kappa shape index (κ2) is 6.16. The summed E-state index contributed by atoms with van der Waals surface area (Å²) in [6, 6.07) is 9.86. The molecule has 0 heterocycles. The van der Waals surface area contributed by atoms with Gasteiger partial charge in [0.15, 0.2) is 0 Å². The Morgan fingerprint density at radius 1 is 0.792 bits per heavy atom. The molecule has 0 saturated heterocycles. The van der Waals surface area contributed by atoms with Gasteiger partial charge < -0.3 is 10.2 Å². The van der Waals surface area contributed by atoms with Crippen LogP contribution in [0.4, 0.5) is 0 Å². The highest BCUT2D eigenvalue weighted by Gasteiger charge is 2.22. The first kappa shape index (κ1) is 18.4. The van der Waals surface area contributed by atoms with E-state index in [1.54, 1.807) is 6.07 Å². The van der Waals surface area contributed by atoms with Crippen molar-refractivity contribution in [1.29, 1.82) is 0 Å². The van der Waals surface area contributed by atoms with Gasteiger partial charge in [0.05, 0.1) is 0 Å². The molecule has 0 saturated carbocycles. The number of phenols is 2. The van der Waals surface area contributed by atoms with Crippen molar-refractivity contribution in [3.8, 4) is 11.5 Å². The third-order valence-electron chi connectivity index (χ3n) is 4.40. The molecule has 2 nitrogen and oxygen atoms in total. The molecule has 0 amide bonds. The Labute approximate surface area is 146 Å². The van der Waals surface area contributed by atoms with E-state index in [0.717, 1.165) is 27.8 Å². The van der Waals surface area contributed by atoms with E-state index in [9.17, 15) is 10.2 Å². The van der Waals surface area contributed by atoms with Crippen LogP contribution in [0.5, 0.6) is 11.5 Å². The van der Waals surface area contributed by atoms with E-state index in [4.69, 9.17) is 0 Å². The summed E-state index contributed by atoms with van der Waals surface area (Å²) in [6.45, 7) is 14.7. The highest BCUT2D eigenvalue weighted by molar-refractivity contribution is 5.50. The molecule has 130 valence electrons. The van der Waals surface area contributed by atoms with E-state index in [0.29, 0.717) is 17.9 Å². The highest BCUT2D eigenvalue weighted by Crippen LogP contribution is 2.36. The predicted octanol–water partition coefficient (Wildman–Crippen LogP) is 5.59. The van der Waals surface area contributed by atoms with Crippen molar-refractivity contribution < 1.29 is 10.2 Å². The minimum absolute atomic E-state index is 0.101. The van der Waals surface area contributed by atoms with Gasteiger partial charge >= 0.3 is 0 Å². The van der Waals surface area contributed by atoms with Gasteiger partial charge in [0.1, 0.15) is 11.5 Å². The van der Waals surface area contributed by atoms with Gasteiger partial charge in [-0.2, -0.15) is 0 Å². The van der Waals surface area contributed by atoms with Crippen molar-refractivity contribution in [3.63, 3.8) is 0 Å². The highest BCUT2D eigenvalue weighted by atomic mass is 16.3. The monoisotopic (exact) mass is 326 g/mol. The molecule has 24 heavy (non-hydrogen) atoms. The summed E-state index contributed by atoms with van der Waals surface area (Å²) in [5, 5.41) is 20.9. The van der Waals surface area contributed by atoms with Crippen LogP contribution in [0, 0.1) is 6.92 Å². The van der Waals surface area contributed by atoms with Gasteiger partial charge in [-0.25, -0.2) is 0 Å². The average molecular weight is 326 g/mol. The van der Waals surface area contributed by atoms with Crippen LogP contribution in [0.3, 0.4) is 0 Å². The Morgan fingerprint density at radius 2 is 1.38 bits per heavy atom. The molecule has 0 radical (unpaired) electrons. The van der Waals surface area contributed by atoms with E-state index >= 15 is 0 Å². The maximum Gasteiger partial charge on any atom is 0.122 e. The molecule has 0 atom stereocenters. The summed E-state index contributed by atoms with van der Waals surface area (Å²) in [5.41, 5.74) is 4.88. The molecule has 0 unspecified atom stereocenters. The fourth-order valence-corrected chi connectivity index (χ4v) is 3.07. The average Bonchev–Trinajstić information content (AvgIpc) is 2.42. The Hall–Kier alpha value is -1.96. The number of benzene rings is 2. The first-order chi connectivity index (χ1) is 10.9. The Bertz CT molecular complexity index is 744. The minimum atomic E-state index is -0.120. The molecule has 2 rings (SSSR count). The van der Waals surface area contributed by atoms with Crippen LogP contribution in [-0.2, 0) is 17.3 Å². The number of hydrogen-bond donors (Lipinski definition) is 2. The van der Waals surface area contributed by atoms with Gasteiger partial charge in [-0.15, -0.1) is 0 Å². The molecule has 0 aromatic heterocycles. The van der Waals surface area contributed by atoms with Crippen molar-refractivity contribution in [2.24, 2.45) is 0 Å². The fourth-order valence-electron chi connectivity index (χ4n) is 3.07. The van der Waals surface area contributed by atoms with E-state index < -0.39 is 0 Å². The zero-order valence-electron chi connectivity index (χ0n) is 16.0. The molecule has 2 N–H and O–H groups in total. The molecule has 2 aromatic carbocycles. The molecule has 0 aliphatic carbocycles. The van der Waals surface area contributed by atoms with Crippen LogP contribution in [0.2, 0.25) is 0 Å². The third-order valence-corrected chi connectivity index (χ3v) is 4.40. The van der Waals surface area contributed by atoms with E-state index in [1.807, 2.05) is 18.2 Å². The van der Waals surface area contributed by atoms with Crippen LogP contribution in [0.15, 0.2) is 30.3 Å². The number of phenolic OH excluding ortho intramolecular Hbond substituents is 2. The fraction of sp³-hybridized carbons (Fsp3) is 0.455. The van der Waals surface area contributed by atoms with Gasteiger partial charge in [0, 0.05) is 6.42 Å². The predicted molar refractivity (Wildman–Crippen MR) is 101 cm³/mol. The van der Waals surface area contributed by atoms with E-state index in [1.165, 1.54) is 0 Å². The number of hydrogen-bond acceptors (Lipinski definition) is 2. The molecule has 0 aliphatic heterocycles. The summed E-state index contributed by atoms with van der Waals surface area (Å²) in [6.07, 6.45) is 0.653. The van der Waals surface area contributed by atoms with Gasteiger partial charge in [-0.05, 0) is 46.1 Å². The lowest BCUT2D eigenvalue weighted by Gasteiger charge is -2.24. The van der Waals surface area contributed by atoms with Crippen molar-refractivity contribution in [2.45, 2.75) is 65.7 Å². The topological polar surface area (TPSA) is 40.5 Å².